The normalized spacial score (nSPS) is 22.0. The van der Waals surface area contributed by atoms with Crippen LogP contribution in [0.2, 0.25) is 0 Å². The van der Waals surface area contributed by atoms with Crippen molar-refractivity contribution in [3.8, 4) is 0 Å². The topological polar surface area (TPSA) is 77.7 Å². The van der Waals surface area contributed by atoms with E-state index < -0.39 is 0 Å². The molecule has 0 spiro atoms. The summed E-state index contributed by atoms with van der Waals surface area (Å²) in [5, 5.41) is 4.00. The molecular formula is C17H27N3O4. The van der Waals surface area contributed by atoms with Gasteiger partial charge >= 0.3 is 0 Å². The van der Waals surface area contributed by atoms with E-state index >= 15 is 0 Å². The quantitative estimate of drug-likeness (QED) is 0.759. The Balaban J connectivity index is 1.39. The molecule has 1 amide bonds. The molecule has 2 aliphatic rings. The summed E-state index contributed by atoms with van der Waals surface area (Å²) in [6, 6.07) is 0. The summed E-state index contributed by atoms with van der Waals surface area (Å²) in [5.41, 5.74) is 0. The van der Waals surface area contributed by atoms with Crippen molar-refractivity contribution in [2.45, 2.75) is 63.5 Å². The third kappa shape index (κ3) is 4.77. The third-order valence-corrected chi connectivity index (χ3v) is 4.80. The van der Waals surface area contributed by atoms with Gasteiger partial charge < -0.3 is 18.9 Å². The molecule has 1 aliphatic carbocycles. The van der Waals surface area contributed by atoms with Crippen LogP contribution in [-0.4, -0.2) is 53.9 Å². The van der Waals surface area contributed by atoms with E-state index in [1.807, 2.05) is 0 Å². The van der Waals surface area contributed by atoms with Gasteiger partial charge in [0.05, 0.1) is 19.3 Å². The van der Waals surface area contributed by atoms with Crippen LogP contribution in [0.5, 0.6) is 0 Å². The van der Waals surface area contributed by atoms with Crippen LogP contribution in [0.4, 0.5) is 0 Å². The molecule has 1 saturated carbocycles. The van der Waals surface area contributed by atoms with E-state index in [4.69, 9.17) is 14.0 Å². The van der Waals surface area contributed by atoms with E-state index in [1.54, 1.807) is 11.9 Å². The van der Waals surface area contributed by atoms with Crippen LogP contribution in [0.25, 0.3) is 0 Å². The van der Waals surface area contributed by atoms with Gasteiger partial charge in [0.15, 0.2) is 5.82 Å². The van der Waals surface area contributed by atoms with E-state index in [0.717, 1.165) is 32.3 Å². The minimum atomic E-state index is -0.0852. The summed E-state index contributed by atoms with van der Waals surface area (Å²) in [6.45, 7) is 1.68. The minimum absolute atomic E-state index is 0.0592. The number of likely N-dealkylation sites (N-methyl/N-ethyl adjacent to an activating group) is 1. The van der Waals surface area contributed by atoms with Gasteiger partial charge in [-0.2, -0.15) is 4.98 Å². The fourth-order valence-corrected chi connectivity index (χ4v) is 3.30. The smallest absolute Gasteiger partial charge is 0.248 e. The first-order valence-corrected chi connectivity index (χ1v) is 8.98. The number of nitrogens with zero attached hydrogens (tertiary/aromatic N) is 3. The highest BCUT2D eigenvalue weighted by Crippen LogP contribution is 2.32. The fraction of sp³-hybridized carbons (Fsp3) is 0.824. The van der Waals surface area contributed by atoms with Crippen LogP contribution in [0.3, 0.4) is 0 Å². The number of hydrogen-bond acceptors (Lipinski definition) is 6. The zero-order valence-electron chi connectivity index (χ0n) is 14.4. The molecule has 1 aliphatic heterocycles. The van der Waals surface area contributed by atoms with Gasteiger partial charge in [-0.05, 0) is 32.1 Å². The fourth-order valence-electron chi connectivity index (χ4n) is 3.30. The van der Waals surface area contributed by atoms with Crippen LogP contribution in [0.1, 0.15) is 62.6 Å². The molecule has 3 rings (SSSR count). The molecule has 24 heavy (non-hydrogen) atoms. The third-order valence-electron chi connectivity index (χ3n) is 4.80. The summed E-state index contributed by atoms with van der Waals surface area (Å²) in [7, 11) is 1.73. The molecule has 0 radical (unpaired) electrons. The van der Waals surface area contributed by atoms with Crippen molar-refractivity contribution in [2.24, 2.45) is 0 Å². The van der Waals surface area contributed by atoms with Crippen molar-refractivity contribution in [3.63, 3.8) is 0 Å². The zero-order valence-corrected chi connectivity index (χ0v) is 14.4. The molecule has 7 nitrogen and oxygen atoms in total. The van der Waals surface area contributed by atoms with E-state index in [1.165, 1.54) is 19.3 Å². The number of ether oxygens (including phenoxy) is 2. The Bertz CT molecular complexity index is 522. The van der Waals surface area contributed by atoms with Crippen molar-refractivity contribution in [1.82, 2.24) is 15.0 Å². The van der Waals surface area contributed by atoms with Crippen molar-refractivity contribution in [3.05, 3.63) is 11.7 Å². The predicted octanol–water partition coefficient (Wildman–Crippen LogP) is 2.27. The monoisotopic (exact) mass is 337 g/mol. The van der Waals surface area contributed by atoms with Crippen molar-refractivity contribution in [1.29, 1.82) is 0 Å². The predicted molar refractivity (Wildman–Crippen MR) is 86.4 cm³/mol. The number of carbonyl (C=O) groups is 1. The molecule has 7 heteroatoms. The lowest BCUT2D eigenvalue weighted by molar-refractivity contribution is -0.137. The zero-order chi connectivity index (χ0) is 16.8. The standard InChI is InChI=1S/C17H27N3O4/c1-20(16(21)12-22-11-14-8-4-5-9-23-14)10-15-18-17(24-19-15)13-6-2-3-7-13/h13-14H,2-12H2,1H3. The Kier molecular flexibility index (Phi) is 6.20. The van der Waals surface area contributed by atoms with Crippen LogP contribution >= 0.6 is 0 Å². The largest absolute Gasteiger partial charge is 0.376 e. The van der Waals surface area contributed by atoms with Gasteiger partial charge in [-0.3, -0.25) is 4.79 Å². The minimum Gasteiger partial charge on any atom is -0.376 e. The molecule has 0 bridgehead atoms. The van der Waals surface area contributed by atoms with E-state index in [0.29, 0.717) is 30.8 Å². The van der Waals surface area contributed by atoms with E-state index in [2.05, 4.69) is 10.1 Å². The molecule has 1 saturated heterocycles. The second kappa shape index (κ2) is 8.58. The first-order chi connectivity index (χ1) is 11.7. The number of hydrogen-bond donors (Lipinski definition) is 0. The van der Waals surface area contributed by atoms with Crippen molar-refractivity contribution < 1.29 is 18.8 Å². The summed E-state index contributed by atoms with van der Waals surface area (Å²) < 4.78 is 16.4. The highest BCUT2D eigenvalue weighted by molar-refractivity contribution is 5.77. The Morgan fingerprint density at radius 3 is 2.79 bits per heavy atom. The molecule has 2 heterocycles. The lowest BCUT2D eigenvalue weighted by Crippen LogP contribution is -2.32. The molecule has 1 atom stereocenters. The molecule has 134 valence electrons. The van der Waals surface area contributed by atoms with Crippen LogP contribution < -0.4 is 0 Å². The van der Waals surface area contributed by atoms with Gasteiger partial charge in [-0.25, -0.2) is 0 Å². The summed E-state index contributed by atoms with van der Waals surface area (Å²) >= 11 is 0. The molecule has 0 aromatic carbocycles. The first kappa shape index (κ1) is 17.4. The van der Waals surface area contributed by atoms with Gasteiger partial charge in [0.1, 0.15) is 6.61 Å². The molecule has 2 fully saturated rings. The molecule has 0 N–H and O–H groups in total. The Labute approximate surface area is 142 Å². The average Bonchev–Trinajstić information content (AvgIpc) is 3.27. The van der Waals surface area contributed by atoms with E-state index in [-0.39, 0.29) is 18.6 Å². The van der Waals surface area contributed by atoms with Crippen LogP contribution in [0, 0.1) is 0 Å². The molecular weight excluding hydrogens is 310 g/mol. The van der Waals surface area contributed by atoms with Crippen molar-refractivity contribution in [2.75, 3.05) is 26.9 Å². The first-order valence-electron chi connectivity index (χ1n) is 8.98. The number of aromatic nitrogens is 2. The number of carbonyl (C=O) groups excluding carboxylic acids is 1. The second-order valence-corrected chi connectivity index (χ2v) is 6.78. The molecule has 1 aromatic heterocycles. The van der Waals surface area contributed by atoms with Gasteiger partial charge in [0.2, 0.25) is 11.8 Å². The molecule has 1 aromatic rings. The maximum Gasteiger partial charge on any atom is 0.248 e. The Morgan fingerprint density at radius 1 is 1.25 bits per heavy atom. The van der Waals surface area contributed by atoms with Gasteiger partial charge in [-0.1, -0.05) is 18.0 Å². The Hall–Kier alpha value is -1.47. The Morgan fingerprint density at radius 2 is 2.04 bits per heavy atom. The van der Waals surface area contributed by atoms with Gasteiger partial charge in [-0.15, -0.1) is 0 Å². The summed E-state index contributed by atoms with van der Waals surface area (Å²) in [4.78, 5) is 18.1. The van der Waals surface area contributed by atoms with Crippen LogP contribution in [-0.2, 0) is 20.8 Å². The lowest BCUT2D eigenvalue weighted by atomic mass is 10.1. The summed E-state index contributed by atoms with van der Waals surface area (Å²) in [6.07, 6.45) is 8.11. The van der Waals surface area contributed by atoms with Gasteiger partial charge in [0, 0.05) is 19.6 Å². The van der Waals surface area contributed by atoms with E-state index in [9.17, 15) is 4.79 Å². The highest BCUT2D eigenvalue weighted by Gasteiger charge is 2.23. The maximum absolute atomic E-state index is 12.1. The van der Waals surface area contributed by atoms with Gasteiger partial charge in [0.25, 0.3) is 0 Å². The number of rotatable bonds is 7. The average molecular weight is 337 g/mol. The SMILES string of the molecule is CN(Cc1noc(C2CCCC2)n1)C(=O)COCC1CCCCO1. The highest BCUT2D eigenvalue weighted by atomic mass is 16.5. The second-order valence-electron chi connectivity index (χ2n) is 6.78. The number of amides is 1. The lowest BCUT2D eigenvalue weighted by Gasteiger charge is -2.22. The van der Waals surface area contributed by atoms with Crippen molar-refractivity contribution >= 4 is 5.91 Å². The maximum atomic E-state index is 12.1. The van der Waals surface area contributed by atoms with Crippen LogP contribution in [0.15, 0.2) is 4.52 Å². The molecule has 1 unspecified atom stereocenters. The summed E-state index contributed by atoms with van der Waals surface area (Å²) in [5.74, 6) is 1.58.